The summed E-state index contributed by atoms with van der Waals surface area (Å²) in [5, 5.41) is 2.77. The zero-order valence-corrected chi connectivity index (χ0v) is 9.03. The molecule has 0 saturated carbocycles. The molecule has 0 unspecified atom stereocenters. The van der Waals surface area contributed by atoms with Crippen LogP contribution in [0.1, 0.15) is 15.9 Å². The monoisotopic (exact) mass is 227 g/mol. The van der Waals surface area contributed by atoms with E-state index in [0.717, 1.165) is 16.7 Å². The molecule has 84 valence electrons. The zero-order valence-electron chi connectivity index (χ0n) is 9.03. The fraction of sp³-hybridized carbons (Fsp3) is 0.0714. The molecule has 1 amide bonds. The molecule has 0 spiro atoms. The van der Waals surface area contributed by atoms with Gasteiger partial charge in [-0.05, 0) is 34.9 Å². The minimum absolute atomic E-state index is 0.0380. The highest BCUT2D eigenvalue weighted by atomic mass is 19.1. The van der Waals surface area contributed by atoms with E-state index in [1.54, 1.807) is 12.1 Å². The van der Waals surface area contributed by atoms with Crippen LogP contribution in [0.3, 0.4) is 0 Å². The van der Waals surface area contributed by atoms with E-state index in [1.165, 1.54) is 12.1 Å². The standard InChI is InChI=1S/C14H10FNO/c15-12-5-3-9(4-6-12)10-1-2-11-8-16-14(17)13(11)7-10/h1-7H,8H2,(H,16,17). The van der Waals surface area contributed by atoms with E-state index in [9.17, 15) is 9.18 Å². The van der Waals surface area contributed by atoms with Gasteiger partial charge in [0.1, 0.15) is 5.82 Å². The molecule has 0 saturated heterocycles. The Bertz CT molecular complexity index is 590. The maximum Gasteiger partial charge on any atom is 0.251 e. The van der Waals surface area contributed by atoms with Crippen LogP contribution >= 0.6 is 0 Å². The van der Waals surface area contributed by atoms with Crippen LogP contribution in [0.25, 0.3) is 11.1 Å². The van der Waals surface area contributed by atoms with Crippen LogP contribution in [0.4, 0.5) is 4.39 Å². The summed E-state index contributed by atoms with van der Waals surface area (Å²) in [6.45, 7) is 0.595. The van der Waals surface area contributed by atoms with Gasteiger partial charge in [-0.2, -0.15) is 0 Å². The van der Waals surface area contributed by atoms with Crippen molar-refractivity contribution in [3.8, 4) is 11.1 Å². The lowest BCUT2D eigenvalue weighted by atomic mass is 10.0. The lowest BCUT2D eigenvalue weighted by Crippen LogP contribution is -2.12. The maximum atomic E-state index is 12.8. The van der Waals surface area contributed by atoms with Gasteiger partial charge in [0.25, 0.3) is 5.91 Å². The molecule has 1 N–H and O–H groups in total. The van der Waals surface area contributed by atoms with E-state index in [2.05, 4.69) is 5.32 Å². The average Bonchev–Trinajstić information content (AvgIpc) is 2.72. The maximum absolute atomic E-state index is 12.8. The fourth-order valence-electron chi connectivity index (χ4n) is 2.03. The first-order valence-electron chi connectivity index (χ1n) is 5.41. The summed E-state index contributed by atoms with van der Waals surface area (Å²) in [4.78, 5) is 11.5. The summed E-state index contributed by atoms with van der Waals surface area (Å²) in [5.41, 5.74) is 3.57. The third kappa shape index (κ3) is 1.69. The Labute approximate surface area is 98.1 Å². The number of halogens is 1. The number of carbonyl (C=O) groups is 1. The van der Waals surface area contributed by atoms with Gasteiger partial charge < -0.3 is 5.32 Å². The summed E-state index contributed by atoms with van der Waals surface area (Å²) in [7, 11) is 0. The van der Waals surface area contributed by atoms with Crippen LogP contribution in [-0.4, -0.2) is 5.91 Å². The minimum atomic E-state index is -0.257. The Morgan fingerprint density at radius 1 is 1.00 bits per heavy atom. The number of hydrogen-bond donors (Lipinski definition) is 1. The average molecular weight is 227 g/mol. The van der Waals surface area contributed by atoms with Gasteiger partial charge in [-0.1, -0.05) is 24.3 Å². The molecule has 0 bridgehead atoms. The van der Waals surface area contributed by atoms with Crippen molar-refractivity contribution >= 4 is 5.91 Å². The van der Waals surface area contributed by atoms with Crippen LogP contribution in [0.15, 0.2) is 42.5 Å². The van der Waals surface area contributed by atoms with Crippen molar-refractivity contribution in [3.63, 3.8) is 0 Å². The topological polar surface area (TPSA) is 29.1 Å². The highest BCUT2D eigenvalue weighted by molar-refractivity contribution is 5.99. The summed E-state index contributed by atoms with van der Waals surface area (Å²) in [6, 6.07) is 12.0. The molecule has 2 aromatic carbocycles. The lowest BCUT2D eigenvalue weighted by molar-refractivity contribution is 0.0966. The molecule has 0 aromatic heterocycles. The molecule has 0 atom stereocenters. The Morgan fingerprint density at radius 3 is 2.47 bits per heavy atom. The number of hydrogen-bond acceptors (Lipinski definition) is 1. The zero-order chi connectivity index (χ0) is 11.8. The molecule has 0 fully saturated rings. The molecule has 17 heavy (non-hydrogen) atoms. The van der Waals surface area contributed by atoms with E-state index in [0.29, 0.717) is 12.1 Å². The Kier molecular flexibility index (Phi) is 2.18. The van der Waals surface area contributed by atoms with Crippen molar-refractivity contribution in [1.29, 1.82) is 0 Å². The predicted molar refractivity (Wildman–Crippen MR) is 63.0 cm³/mol. The Morgan fingerprint density at radius 2 is 1.71 bits per heavy atom. The van der Waals surface area contributed by atoms with Gasteiger partial charge in [0, 0.05) is 12.1 Å². The van der Waals surface area contributed by atoms with Crippen LogP contribution in [0, 0.1) is 5.82 Å². The third-order valence-electron chi connectivity index (χ3n) is 2.97. The van der Waals surface area contributed by atoms with E-state index < -0.39 is 0 Å². The number of amides is 1. The van der Waals surface area contributed by atoms with Crippen LogP contribution in [0.5, 0.6) is 0 Å². The number of benzene rings is 2. The molecule has 2 nitrogen and oxygen atoms in total. The van der Waals surface area contributed by atoms with Gasteiger partial charge in [-0.3, -0.25) is 4.79 Å². The molecule has 0 aliphatic carbocycles. The van der Waals surface area contributed by atoms with Crippen LogP contribution < -0.4 is 5.32 Å². The van der Waals surface area contributed by atoms with Crippen molar-refractivity contribution in [1.82, 2.24) is 5.32 Å². The SMILES string of the molecule is O=C1NCc2ccc(-c3ccc(F)cc3)cc21. The Hall–Kier alpha value is -2.16. The molecule has 1 aliphatic rings. The molecular formula is C14H10FNO. The van der Waals surface area contributed by atoms with Gasteiger partial charge in [0.15, 0.2) is 0 Å². The highest BCUT2D eigenvalue weighted by Crippen LogP contribution is 2.25. The molecule has 1 aliphatic heterocycles. The summed E-state index contributed by atoms with van der Waals surface area (Å²) in [6.07, 6.45) is 0. The number of rotatable bonds is 1. The van der Waals surface area contributed by atoms with Gasteiger partial charge in [-0.25, -0.2) is 4.39 Å². The second-order valence-corrected chi connectivity index (χ2v) is 4.06. The van der Waals surface area contributed by atoms with Gasteiger partial charge in [0.05, 0.1) is 0 Å². The lowest BCUT2D eigenvalue weighted by Gasteiger charge is -2.03. The second kappa shape index (κ2) is 3.70. The van der Waals surface area contributed by atoms with Gasteiger partial charge >= 0.3 is 0 Å². The van der Waals surface area contributed by atoms with Crippen LogP contribution in [0.2, 0.25) is 0 Å². The van der Waals surface area contributed by atoms with Crippen molar-refractivity contribution < 1.29 is 9.18 Å². The van der Waals surface area contributed by atoms with Gasteiger partial charge in [-0.15, -0.1) is 0 Å². The predicted octanol–water partition coefficient (Wildman–Crippen LogP) is 2.74. The van der Waals surface area contributed by atoms with E-state index in [1.807, 2.05) is 18.2 Å². The van der Waals surface area contributed by atoms with Gasteiger partial charge in [0.2, 0.25) is 0 Å². The van der Waals surface area contributed by atoms with Crippen LogP contribution in [-0.2, 0) is 6.54 Å². The molecule has 2 aromatic rings. The fourth-order valence-corrected chi connectivity index (χ4v) is 2.03. The highest BCUT2D eigenvalue weighted by Gasteiger charge is 2.18. The molecule has 3 heteroatoms. The summed E-state index contributed by atoms with van der Waals surface area (Å²) in [5.74, 6) is -0.295. The molecule has 0 radical (unpaired) electrons. The quantitative estimate of drug-likeness (QED) is 0.797. The van der Waals surface area contributed by atoms with E-state index in [4.69, 9.17) is 0 Å². The van der Waals surface area contributed by atoms with Crippen molar-refractivity contribution in [2.75, 3.05) is 0 Å². The summed E-state index contributed by atoms with van der Waals surface area (Å²) < 4.78 is 12.8. The number of carbonyl (C=O) groups excluding carboxylic acids is 1. The number of nitrogens with one attached hydrogen (secondary N) is 1. The first kappa shape index (κ1) is 10.0. The third-order valence-corrected chi connectivity index (χ3v) is 2.97. The first-order chi connectivity index (χ1) is 8.24. The summed E-state index contributed by atoms with van der Waals surface area (Å²) >= 11 is 0. The van der Waals surface area contributed by atoms with Crippen molar-refractivity contribution in [2.24, 2.45) is 0 Å². The molecular weight excluding hydrogens is 217 g/mol. The molecule has 1 heterocycles. The normalized spacial score (nSPS) is 13.4. The van der Waals surface area contributed by atoms with E-state index in [-0.39, 0.29) is 11.7 Å². The first-order valence-corrected chi connectivity index (χ1v) is 5.41. The van der Waals surface area contributed by atoms with E-state index >= 15 is 0 Å². The minimum Gasteiger partial charge on any atom is -0.348 e. The Balaban J connectivity index is 2.08. The second-order valence-electron chi connectivity index (χ2n) is 4.06. The smallest absolute Gasteiger partial charge is 0.251 e. The van der Waals surface area contributed by atoms with Crippen molar-refractivity contribution in [3.05, 3.63) is 59.4 Å². The largest absolute Gasteiger partial charge is 0.348 e. The molecule has 3 rings (SSSR count). The van der Waals surface area contributed by atoms with Crippen molar-refractivity contribution in [2.45, 2.75) is 6.54 Å². The number of fused-ring (bicyclic) bond motifs is 1.